The lowest BCUT2D eigenvalue weighted by atomic mass is 10.0. The predicted molar refractivity (Wildman–Crippen MR) is 75.8 cm³/mol. The van der Waals surface area contributed by atoms with Crippen LogP contribution in [0.15, 0.2) is 30.6 Å². The molecule has 0 saturated heterocycles. The summed E-state index contributed by atoms with van der Waals surface area (Å²) >= 11 is 0. The summed E-state index contributed by atoms with van der Waals surface area (Å²) in [6.07, 6.45) is 1.60. The zero-order valence-corrected chi connectivity index (χ0v) is 11.4. The van der Waals surface area contributed by atoms with Crippen LogP contribution in [0, 0.1) is 0 Å². The van der Waals surface area contributed by atoms with Crippen molar-refractivity contribution in [3.63, 3.8) is 0 Å². The zero-order valence-electron chi connectivity index (χ0n) is 11.4. The van der Waals surface area contributed by atoms with Gasteiger partial charge in [-0.25, -0.2) is 9.97 Å². The van der Waals surface area contributed by atoms with Crippen molar-refractivity contribution in [3.8, 4) is 0 Å². The first-order valence-electron chi connectivity index (χ1n) is 6.12. The summed E-state index contributed by atoms with van der Waals surface area (Å²) in [7, 11) is 4.17. The van der Waals surface area contributed by atoms with Gasteiger partial charge in [0.1, 0.15) is 12.1 Å². The van der Waals surface area contributed by atoms with Gasteiger partial charge in [-0.05, 0) is 40.1 Å². The third-order valence-corrected chi connectivity index (χ3v) is 3.44. The number of para-hydroxylation sites is 1. The molecule has 0 fully saturated rings. The number of fused-ring (bicyclic) bond motifs is 1. The van der Waals surface area contributed by atoms with Crippen LogP contribution in [-0.4, -0.2) is 41.0 Å². The van der Waals surface area contributed by atoms with Crippen LogP contribution in [0.2, 0.25) is 0 Å². The SMILES string of the molecule is CN(C)C(C)(C)CNc1ncnc2ccccc12. The Balaban J connectivity index is 2.22. The third-order valence-electron chi connectivity index (χ3n) is 3.44. The van der Waals surface area contributed by atoms with Gasteiger partial charge in [0.05, 0.1) is 5.52 Å². The van der Waals surface area contributed by atoms with Crippen LogP contribution in [0.1, 0.15) is 13.8 Å². The Labute approximate surface area is 108 Å². The lowest BCUT2D eigenvalue weighted by Crippen LogP contribution is -2.44. The van der Waals surface area contributed by atoms with Crippen molar-refractivity contribution in [3.05, 3.63) is 30.6 Å². The van der Waals surface area contributed by atoms with E-state index in [0.717, 1.165) is 23.3 Å². The zero-order chi connectivity index (χ0) is 13.2. The maximum atomic E-state index is 4.33. The third kappa shape index (κ3) is 2.59. The number of anilines is 1. The van der Waals surface area contributed by atoms with Crippen LogP contribution in [0.4, 0.5) is 5.82 Å². The lowest BCUT2D eigenvalue weighted by Gasteiger charge is -2.32. The smallest absolute Gasteiger partial charge is 0.137 e. The number of rotatable bonds is 4. The van der Waals surface area contributed by atoms with Gasteiger partial charge < -0.3 is 10.2 Å². The normalized spacial score (nSPS) is 12.1. The minimum absolute atomic E-state index is 0.0755. The number of hydrogen-bond donors (Lipinski definition) is 1. The van der Waals surface area contributed by atoms with E-state index in [9.17, 15) is 0 Å². The summed E-state index contributed by atoms with van der Waals surface area (Å²) in [5.41, 5.74) is 1.05. The van der Waals surface area contributed by atoms with E-state index in [1.807, 2.05) is 24.3 Å². The molecule has 2 rings (SSSR count). The van der Waals surface area contributed by atoms with Crippen molar-refractivity contribution in [2.75, 3.05) is 26.0 Å². The molecule has 96 valence electrons. The molecular weight excluding hydrogens is 224 g/mol. The van der Waals surface area contributed by atoms with Crippen molar-refractivity contribution in [1.29, 1.82) is 0 Å². The Morgan fingerprint density at radius 1 is 1.17 bits per heavy atom. The van der Waals surface area contributed by atoms with E-state index in [0.29, 0.717) is 0 Å². The topological polar surface area (TPSA) is 41.0 Å². The molecule has 0 unspecified atom stereocenters. The second kappa shape index (κ2) is 4.90. The van der Waals surface area contributed by atoms with Crippen LogP contribution < -0.4 is 5.32 Å². The Hall–Kier alpha value is -1.68. The van der Waals surface area contributed by atoms with E-state index in [-0.39, 0.29) is 5.54 Å². The van der Waals surface area contributed by atoms with Gasteiger partial charge in [0.25, 0.3) is 0 Å². The van der Waals surface area contributed by atoms with Gasteiger partial charge in [-0.15, -0.1) is 0 Å². The number of nitrogens with one attached hydrogen (secondary N) is 1. The molecule has 0 bridgehead atoms. The van der Waals surface area contributed by atoms with Gasteiger partial charge in [0, 0.05) is 17.5 Å². The maximum Gasteiger partial charge on any atom is 0.137 e. The second-order valence-corrected chi connectivity index (χ2v) is 5.30. The van der Waals surface area contributed by atoms with Gasteiger partial charge in [-0.2, -0.15) is 0 Å². The maximum absolute atomic E-state index is 4.33. The molecule has 1 aromatic heterocycles. The summed E-state index contributed by atoms with van der Waals surface area (Å²) in [4.78, 5) is 10.8. The molecule has 1 heterocycles. The fourth-order valence-corrected chi connectivity index (χ4v) is 1.60. The average molecular weight is 244 g/mol. The van der Waals surface area contributed by atoms with Gasteiger partial charge in [0.2, 0.25) is 0 Å². The Kier molecular flexibility index (Phi) is 3.48. The molecule has 0 aliphatic carbocycles. The fraction of sp³-hybridized carbons (Fsp3) is 0.429. The monoisotopic (exact) mass is 244 g/mol. The molecular formula is C14H20N4. The molecule has 0 saturated carbocycles. The number of nitrogens with zero attached hydrogens (tertiary/aromatic N) is 3. The number of benzene rings is 1. The van der Waals surface area contributed by atoms with Crippen molar-refractivity contribution in [1.82, 2.24) is 14.9 Å². The highest BCUT2D eigenvalue weighted by Crippen LogP contribution is 2.19. The molecule has 0 aliphatic rings. The van der Waals surface area contributed by atoms with Gasteiger partial charge in [-0.3, -0.25) is 0 Å². The quantitative estimate of drug-likeness (QED) is 0.896. The Morgan fingerprint density at radius 2 is 1.89 bits per heavy atom. The van der Waals surface area contributed by atoms with Gasteiger partial charge >= 0.3 is 0 Å². The molecule has 0 radical (unpaired) electrons. The van der Waals surface area contributed by atoms with E-state index in [1.54, 1.807) is 6.33 Å². The summed E-state index contributed by atoms with van der Waals surface area (Å²) < 4.78 is 0. The van der Waals surface area contributed by atoms with Crippen molar-refractivity contribution in [2.24, 2.45) is 0 Å². The van der Waals surface area contributed by atoms with Crippen molar-refractivity contribution < 1.29 is 0 Å². The van der Waals surface area contributed by atoms with E-state index < -0.39 is 0 Å². The van der Waals surface area contributed by atoms with E-state index in [4.69, 9.17) is 0 Å². The fourth-order valence-electron chi connectivity index (χ4n) is 1.60. The predicted octanol–water partition coefficient (Wildman–Crippen LogP) is 2.38. The number of aromatic nitrogens is 2. The molecule has 0 aliphatic heterocycles. The Morgan fingerprint density at radius 3 is 2.61 bits per heavy atom. The highest BCUT2D eigenvalue weighted by atomic mass is 15.2. The number of hydrogen-bond acceptors (Lipinski definition) is 4. The molecule has 0 amide bonds. The summed E-state index contributed by atoms with van der Waals surface area (Å²) in [6.45, 7) is 5.23. The first-order chi connectivity index (χ1) is 8.50. The van der Waals surface area contributed by atoms with Crippen LogP contribution in [-0.2, 0) is 0 Å². The highest BCUT2D eigenvalue weighted by molar-refractivity contribution is 5.88. The van der Waals surface area contributed by atoms with Crippen molar-refractivity contribution in [2.45, 2.75) is 19.4 Å². The minimum atomic E-state index is 0.0755. The van der Waals surface area contributed by atoms with Crippen LogP contribution in [0.3, 0.4) is 0 Å². The van der Waals surface area contributed by atoms with Crippen molar-refractivity contribution >= 4 is 16.7 Å². The Bertz CT molecular complexity index is 529. The average Bonchev–Trinajstić information content (AvgIpc) is 2.36. The molecule has 4 heteroatoms. The lowest BCUT2D eigenvalue weighted by molar-refractivity contribution is 0.210. The van der Waals surface area contributed by atoms with E-state index in [1.165, 1.54) is 0 Å². The van der Waals surface area contributed by atoms with Gasteiger partial charge in [0.15, 0.2) is 0 Å². The molecule has 18 heavy (non-hydrogen) atoms. The molecule has 2 aromatic rings. The largest absolute Gasteiger partial charge is 0.368 e. The number of likely N-dealkylation sites (N-methyl/N-ethyl adjacent to an activating group) is 1. The first-order valence-corrected chi connectivity index (χ1v) is 6.12. The van der Waals surface area contributed by atoms with Crippen LogP contribution >= 0.6 is 0 Å². The molecule has 4 nitrogen and oxygen atoms in total. The summed E-state index contributed by atoms with van der Waals surface area (Å²) in [5.74, 6) is 0.899. The molecule has 1 aromatic carbocycles. The molecule has 0 spiro atoms. The van der Waals surface area contributed by atoms with Crippen LogP contribution in [0.5, 0.6) is 0 Å². The second-order valence-electron chi connectivity index (χ2n) is 5.30. The van der Waals surface area contributed by atoms with E-state index in [2.05, 4.69) is 48.1 Å². The summed E-state index contributed by atoms with van der Waals surface area (Å²) in [5, 5.41) is 4.48. The first kappa shape index (κ1) is 12.8. The standard InChI is InChI=1S/C14H20N4/c1-14(2,18(3)4)9-15-13-11-7-5-6-8-12(11)16-10-17-13/h5-8,10H,9H2,1-4H3,(H,15,16,17). The van der Waals surface area contributed by atoms with Gasteiger partial charge in [-0.1, -0.05) is 12.1 Å². The minimum Gasteiger partial charge on any atom is -0.368 e. The highest BCUT2D eigenvalue weighted by Gasteiger charge is 2.20. The molecule has 1 N–H and O–H groups in total. The van der Waals surface area contributed by atoms with Crippen LogP contribution in [0.25, 0.3) is 10.9 Å². The summed E-state index contributed by atoms with van der Waals surface area (Å²) in [6, 6.07) is 8.04. The molecule has 0 atom stereocenters. The van der Waals surface area contributed by atoms with E-state index >= 15 is 0 Å².